The molecule has 10 heteroatoms. The van der Waals surface area contributed by atoms with E-state index in [1.165, 1.54) is 7.11 Å². The highest BCUT2D eigenvalue weighted by Crippen LogP contribution is 2.14. The van der Waals surface area contributed by atoms with Crippen LogP contribution in [-0.2, 0) is 23.9 Å². The number of carbonyl (C=O) groups is 2. The van der Waals surface area contributed by atoms with Gasteiger partial charge in [-0.3, -0.25) is 14.6 Å². The van der Waals surface area contributed by atoms with Crippen LogP contribution < -0.4 is 10.7 Å². The Morgan fingerprint density at radius 2 is 1.02 bits per heavy atom. The van der Waals surface area contributed by atoms with Crippen LogP contribution in [0.3, 0.4) is 0 Å². The third-order valence-electron chi connectivity index (χ3n) is 3.80. The number of hydrazone groups is 1. The fraction of sp³-hybridized carbons (Fsp3) is 0.857. The first-order chi connectivity index (χ1) is 19.7. The number of oxime groups is 1. The van der Waals surface area contributed by atoms with Crippen LogP contribution in [0.4, 0.5) is 0 Å². The van der Waals surface area contributed by atoms with Crippen molar-refractivity contribution in [2.75, 3.05) is 21.3 Å². The molecule has 0 aliphatic rings. The summed E-state index contributed by atoms with van der Waals surface area (Å²) < 4.78 is 9.41. The SMILES string of the molecule is C/C=N/NC(C)(C)C.C/C=N/OC(C)(C)C.CC=NC(C)(C)C.CNC(=O)C(C)(C)C.COC(=O)C(C)(C)C.COC(C)(C)C. The lowest BCUT2D eigenvalue weighted by Gasteiger charge is -2.16. The molecule has 0 fully saturated rings. The number of nitrogens with zero attached hydrogens (tertiary/aromatic N) is 3. The molecule has 0 radical (unpaired) electrons. The van der Waals surface area contributed by atoms with Crippen molar-refractivity contribution < 1.29 is 23.9 Å². The number of hydrogen-bond acceptors (Lipinski definition) is 9. The first-order valence-corrected chi connectivity index (χ1v) is 15.5. The molecule has 0 aromatic carbocycles. The standard InChI is InChI=1S/C6H14N2.2C6H13NO.C6H13N.C6H12O2.C5H12O/c1-5-7-8-6(2,3)4;1-6(2,3)5(8)7-4;1-5-7-8-6(2,3)4;1-5-7-6(2,3)4;1-6(2,3)5(7)8-4;1-5(2,3)6-4/h5,8H,1-4H3;1-4H3,(H,7,8);5H,1-4H3;5H,1-4H3;1-4H3;1-4H3/b7-5+;;7-5+;;;. The van der Waals surface area contributed by atoms with E-state index in [9.17, 15) is 9.59 Å². The lowest BCUT2D eigenvalue weighted by atomic mass is 9.96. The Morgan fingerprint density at radius 1 is 0.622 bits per heavy atom. The zero-order valence-corrected chi connectivity index (χ0v) is 34.1. The van der Waals surface area contributed by atoms with E-state index < -0.39 is 0 Å². The van der Waals surface area contributed by atoms with E-state index in [0.717, 1.165) is 0 Å². The maximum Gasteiger partial charge on any atom is 0.310 e. The highest BCUT2D eigenvalue weighted by molar-refractivity contribution is 5.80. The van der Waals surface area contributed by atoms with Gasteiger partial charge >= 0.3 is 5.97 Å². The number of methoxy groups -OCH3 is 2. The summed E-state index contributed by atoms with van der Waals surface area (Å²) in [5.41, 5.74) is 2.47. The second-order valence-electron chi connectivity index (χ2n) is 15.8. The molecule has 0 spiro atoms. The van der Waals surface area contributed by atoms with Crippen molar-refractivity contribution in [1.29, 1.82) is 0 Å². The number of esters is 1. The fourth-order valence-electron chi connectivity index (χ4n) is 1.54. The van der Waals surface area contributed by atoms with Gasteiger partial charge in [-0.25, -0.2) is 0 Å². The number of amides is 1. The van der Waals surface area contributed by atoms with E-state index in [-0.39, 0.29) is 45.0 Å². The summed E-state index contributed by atoms with van der Waals surface area (Å²) >= 11 is 0. The van der Waals surface area contributed by atoms with Gasteiger partial charge in [-0.2, -0.15) is 5.10 Å². The van der Waals surface area contributed by atoms with E-state index in [4.69, 9.17) is 9.57 Å². The van der Waals surface area contributed by atoms with Crippen LogP contribution in [0, 0.1) is 10.8 Å². The monoisotopic (exact) mass is 648 g/mol. The first kappa shape index (κ1) is 55.0. The zero-order valence-electron chi connectivity index (χ0n) is 34.1. The number of hydrogen-bond donors (Lipinski definition) is 2. The fourth-order valence-corrected chi connectivity index (χ4v) is 1.54. The lowest BCUT2D eigenvalue weighted by molar-refractivity contribution is -0.149. The van der Waals surface area contributed by atoms with E-state index in [0.29, 0.717) is 0 Å². The molecule has 0 rings (SSSR count). The third kappa shape index (κ3) is 69.6. The molecule has 0 aromatic heterocycles. The van der Waals surface area contributed by atoms with E-state index in [1.807, 2.05) is 110 Å². The summed E-state index contributed by atoms with van der Waals surface area (Å²) in [7, 11) is 4.75. The number of rotatable bonds is 2. The van der Waals surface area contributed by atoms with Crippen LogP contribution in [-0.4, -0.2) is 74.1 Å². The number of aliphatic imine (C=N–C) groups is 1. The van der Waals surface area contributed by atoms with Crippen molar-refractivity contribution in [2.24, 2.45) is 26.1 Å². The minimum absolute atomic E-state index is 0.0417. The minimum atomic E-state index is -0.352. The van der Waals surface area contributed by atoms with Crippen LogP contribution in [0.2, 0.25) is 0 Å². The molecule has 0 heterocycles. The van der Waals surface area contributed by atoms with Gasteiger partial charge in [-0.1, -0.05) is 25.9 Å². The predicted octanol–water partition coefficient (Wildman–Crippen LogP) is 8.48. The van der Waals surface area contributed by atoms with Gasteiger partial charge in [-0.15, -0.1) is 0 Å². The number of carbonyl (C=O) groups excluding carboxylic acids is 2. The van der Waals surface area contributed by atoms with Gasteiger partial charge in [0.15, 0.2) is 0 Å². The average Bonchev–Trinajstić information content (AvgIpc) is 2.84. The molecular formula is C35H77N5O5. The quantitative estimate of drug-likeness (QED) is 0.176. The molecule has 2 N–H and O–H groups in total. The molecule has 1 amide bonds. The number of nitrogens with one attached hydrogen (secondary N) is 2. The summed E-state index contributed by atoms with van der Waals surface area (Å²) in [6.45, 7) is 41.1. The van der Waals surface area contributed by atoms with E-state index in [1.54, 1.807) is 26.6 Å². The average molecular weight is 648 g/mol. The molecule has 0 aliphatic heterocycles. The minimum Gasteiger partial charge on any atom is -0.469 e. The summed E-state index contributed by atoms with van der Waals surface area (Å²) in [6, 6.07) is 0. The van der Waals surface area contributed by atoms with Crippen molar-refractivity contribution in [3.8, 4) is 0 Å². The van der Waals surface area contributed by atoms with Crippen molar-refractivity contribution in [2.45, 2.75) is 168 Å². The Bertz CT molecular complexity index is 745. The third-order valence-corrected chi connectivity index (χ3v) is 3.80. The lowest BCUT2D eigenvalue weighted by Crippen LogP contribution is -2.31. The second-order valence-corrected chi connectivity index (χ2v) is 15.8. The van der Waals surface area contributed by atoms with Crippen LogP contribution in [0.25, 0.3) is 0 Å². The summed E-state index contributed by atoms with van der Waals surface area (Å²) in [4.78, 5) is 30.4. The Kier molecular flexibility index (Phi) is 32.6. The molecule has 0 saturated heterocycles. The molecule has 45 heavy (non-hydrogen) atoms. The summed E-state index contributed by atoms with van der Waals surface area (Å²) in [5, 5.41) is 10.1. The molecule has 0 saturated carbocycles. The van der Waals surface area contributed by atoms with Crippen LogP contribution in [0.1, 0.15) is 145 Å². The van der Waals surface area contributed by atoms with Crippen molar-refractivity contribution in [1.82, 2.24) is 10.7 Å². The van der Waals surface area contributed by atoms with Gasteiger partial charge in [0.25, 0.3) is 0 Å². The van der Waals surface area contributed by atoms with Crippen molar-refractivity contribution in [3.05, 3.63) is 0 Å². The second kappa shape index (κ2) is 26.7. The molecule has 0 atom stereocenters. The molecule has 0 bridgehead atoms. The molecule has 0 unspecified atom stereocenters. The van der Waals surface area contributed by atoms with Crippen LogP contribution >= 0.6 is 0 Å². The molecule has 272 valence electrons. The zero-order chi connectivity index (χ0) is 37.9. The topological polar surface area (TPSA) is 123 Å². The smallest absolute Gasteiger partial charge is 0.310 e. The van der Waals surface area contributed by atoms with Gasteiger partial charge < -0.3 is 25.1 Å². The summed E-state index contributed by atoms with van der Waals surface area (Å²) in [6.07, 6.45) is 5.20. The Hall–Kier alpha value is -2.49. The van der Waals surface area contributed by atoms with Crippen molar-refractivity contribution in [3.63, 3.8) is 0 Å². The van der Waals surface area contributed by atoms with Crippen molar-refractivity contribution >= 4 is 30.5 Å². The van der Waals surface area contributed by atoms with Gasteiger partial charge in [0, 0.05) is 37.5 Å². The molecule has 0 aromatic rings. The molecular weight excluding hydrogens is 570 g/mol. The van der Waals surface area contributed by atoms with Gasteiger partial charge in [-0.05, 0) is 131 Å². The largest absolute Gasteiger partial charge is 0.469 e. The summed E-state index contributed by atoms with van der Waals surface area (Å²) in [5.74, 6) is -0.0880. The molecule has 0 aliphatic carbocycles. The van der Waals surface area contributed by atoms with Crippen LogP contribution in [0.5, 0.6) is 0 Å². The van der Waals surface area contributed by atoms with E-state index in [2.05, 4.69) is 72.3 Å². The van der Waals surface area contributed by atoms with Gasteiger partial charge in [0.1, 0.15) is 5.60 Å². The van der Waals surface area contributed by atoms with Crippen LogP contribution in [0.15, 0.2) is 15.2 Å². The predicted molar refractivity (Wildman–Crippen MR) is 198 cm³/mol. The highest BCUT2D eigenvalue weighted by Gasteiger charge is 2.21. The number of ether oxygens (including phenoxy) is 2. The molecule has 10 nitrogen and oxygen atoms in total. The Balaban J connectivity index is -0.000000102. The van der Waals surface area contributed by atoms with Gasteiger partial charge in [0.2, 0.25) is 5.91 Å². The highest BCUT2D eigenvalue weighted by atomic mass is 16.6. The maximum atomic E-state index is 10.7. The Labute approximate surface area is 280 Å². The van der Waals surface area contributed by atoms with Gasteiger partial charge in [0.05, 0.1) is 23.7 Å². The first-order valence-electron chi connectivity index (χ1n) is 15.5. The maximum absolute atomic E-state index is 10.7. The normalized spacial score (nSPS) is 12.0. The Morgan fingerprint density at radius 3 is 1.07 bits per heavy atom. The van der Waals surface area contributed by atoms with E-state index >= 15 is 0 Å².